The summed E-state index contributed by atoms with van der Waals surface area (Å²) in [6.45, 7) is 18.3. The fourth-order valence-corrected chi connectivity index (χ4v) is 3.98. The molecular formula is C20H39N5S. The lowest BCUT2D eigenvalue weighted by molar-refractivity contribution is 0.292. The molecule has 1 aromatic rings. The Kier molecular flexibility index (Phi) is 11.5. The summed E-state index contributed by atoms with van der Waals surface area (Å²) in [5, 5.41) is 8.11. The second-order valence-electron chi connectivity index (χ2n) is 6.69. The molecule has 0 saturated heterocycles. The summed E-state index contributed by atoms with van der Waals surface area (Å²) in [6, 6.07) is 0.428. The monoisotopic (exact) mass is 381 g/mol. The van der Waals surface area contributed by atoms with E-state index in [1.165, 1.54) is 28.5 Å². The smallest absolute Gasteiger partial charge is 0.191 e. The van der Waals surface area contributed by atoms with Gasteiger partial charge in [0.25, 0.3) is 0 Å². The first-order chi connectivity index (χ1) is 12.5. The van der Waals surface area contributed by atoms with E-state index in [0.717, 1.165) is 51.4 Å². The Morgan fingerprint density at radius 1 is 1.23 bits per heavy atom. The zero-order valence-corrected chi connectivity index (χ0v) is 18.5. The molecule has 1 unspecified atom stereocenters. The molecule has 0 bridgehead atoms. The molecule has 2 N–H and O–H groups in total. The van der Waals surface area contributed by atoms with Gasteiger partial charge in [-0.3, -0.25) is 4.99 Å². The maximum absolute atomic E-state index is 4.74. The first kappa shape index (κ1) is 22.9. The van der Waals surface area contributed by atoms with Crippen molar-refractivity contribution >= 4 is 17.3 Å². The van der Waals surface area contributed by atoms with Crippen molar-refractivity contribution < 1.29 is 0 Å². The Hall–Kier alpha value is -1.14. The van der Waals surface area contributed by atoms with Crippen molar-refractivity contribution in [2.24, 2.45) is 4.99 Å². The van der Waals surface area contributed by atoms with Gasteiger partial charge in [0, 0.05) is 30.4 Å². The average Bonchev–Trinajstić information content (AvgIpc) is 2.98. The molecule has 0 amide bonds. The lowest BCUT2D eigenvalue weighted by atomic mass is 10.2. The Morgan fingerprint density at radius 2 is 1.96 bits per heavy atom. The van der Waals surface area contributed by atoms with Gasteiger partial charge in [-0.15, -0.1) is 11.3 Å². The molecule has 6 heteroatoms. The molecule has 0 fully saturated rings. The Labute approximate surface area is 164 Å². The molecule has 26 heavy (non-hydrogen) atoms. The molecule has 150 valence electrons. The molecule has 0 radical (unpaired) electrons. The molecule has 0 aliphatic carbocycles. The van der Waals surface area contributed by atoms with Gasteiger partial charge in [0.1, 0.15) is 0 Å². The third-order valence-corrected chi connectivity index (χ3v) is 5.67. The lowest BCUT2D eigenvalue weighted by Gasteiger charge is -2.21. The number of rotatable bonds is 12. The highest BCUT2D eigenvalue weighted by Gasteiger charge is 2.08. The molecule has 0 aliphatic rings. The van der Waals surface area contributed by atoms with Crippen LogP contribution in [0.1, 0.15) is 63.0 Å². The van der Waals surface area contributed by atoms with Gasteiger partial charge in [0.05, 0.1) is 10.7 Å². The molecule has 1 rings (SSSR count). The van der Waals surface area contributed by atoms with Crippen LogP contribution >= 0.6 is 11.3 Å². The number of thiazole rings is 1. The summed E-state index contributed by atoms with van der Waals surface area (Å²) in [5.74, 6) is 0.923. The third-order valence-electron chi connectivity index (χ3n) is 4.60. The third kappa shape index (κ3) is 8.49. The number of hydrogen-bond donors (Lipinski definition) is 2. The van der Waals surface area contributed by atoms with E-state index in [-0.39, 0.29) is 0 Å². The minimum absolute atomic E-state index is 0.428. The normalized spacial score (nSPS) is 13.3. The topological polar surface area (TPSA) is 52.6 Å². The van der Waals surface area contributed by atoms with Crippen LogP contribution in [0.25, 0.3) is 0 Å². The number of aryl methyl sites for hydroxylation is 2. The molecule has 0 aliphatic heterocycles. The van der Waals surface area contributed by atoms with E-state index in [1.54, 1.807) is 0 Å². The second kappa shape index (κ2) is 13.1. The lowest BCUT2D eigenvalue weighted by Crippen LogP contribution is -2.42. The van der Waals surface area contributed by atoms with Gasteiger partial charge in [-0.05, 0) is 59.7 Å². The highest BCUT2D eigenvalue weighted by atomic mass is 32.1. The molecular weight excluding hydrogens is 342 g/mol. The van der Waals surface area contributed by atoms with Crippen molar-refractivity contribution in [1.82, 2.24) is 20.5 Å². The van der Waals surface area contributed by atoms with Crippen molar-refractivity contribution in [1.29, 1.82) is 0 Å². The molecule has 1 atom stereocenters. The Bertz CT molecular complexity index is 522. The van der Waals surface area contributed by atoms with E-state index in [0.29, 0.717) is 6.04 Å². The molecule has 0 saturated carbocycles. The fourth-order valence-electron chi connectivity index (χ4n) is 2.97. The first-order valence-electron chi connectivity index (χ1n) is 10.3. The van der Waals surface area contributed by atoms with Crippen LogP contribution in [0.3, 0.4) is 0 Å². The van der Waals surface area contributed by atoms with Gasteiger partial charge in [0.15, 0.2) is 5.96 Å². The summed E-state index contributed by atoms with van der Waals surface area (Å²) < 4.78 is 0. The van der Waals surface area contributed by atoms with E-state index in [4.69, 9.17) is 9.98 Å². The minimum Gasteiger partial charge on any atom is -0.357 e. The number of guanidine groups is 1. The summed E-state index contributed by atoms with van der Waals surface area (Å²) in [6.07, 6.45) is 4.30. The molecule has 5 nitrogen and oxygen atoms in total. The van der Waals surface area contributed by atoms with Crippen molar-refractivity contribution in [3.05, 3.63) is 15.6 Å². The number of nitrogens with zero attached hydrogens (tertiary/aromatic N) is 3. The van der Waals surface area contributed by atoms with Crippen LogP contribution in [-0.2, 0) is 12.8 Å². The van der Waals surface area contributed by atoms with E-state index >= 15 is 0 Å². The summed E-state index contributed by atoms with van der Waals surface area (Å²) in [4.78, 5) is 13.3. The van der Waals surface area contributed by atoms with Crippen molar-refractivity contribution in [3.8, 4) is 0 Å². The number of hydrogen-bond acceptors (Lipinski definition) is 4. The summed E-state index contributed by atoms with van der Waals surface area (Å²) in [5.41, 5.74) is 1.24. The first-order valence-corrected chi connectivity index (χ1v) is 11.1. The maximum atomic E-state index is 4.74. The van der Waals surface area contributed by atoms with Crippen LogP contribution < -0.4 is 10.6 Å². The van der Waals surface area contributed by atoms with Crippen LogP contribution in [0.15, 0.2) is 4.99 Å². The van der Waals surface area contributed by atoms with Gasteiger partial charge in [-0.2, -0.15) is 0 Å². The highest BCUT2D eigenvalue weighted by molar-refractivity contribution is 7.11. The zero-order valence-electron chi connectivity index (χ0n) is 17.7. The van der Waals surface area contributed by atoms with Gasteiger partial charge in [0.2, 0.25) is 0 Å². The van der Waals surface area contributed by atoms with Crippen LogP contribution in [0.2, 0.25) is 0 Å². The SMILES string of the molecule is CCNC(=NCCc1nc(CC)c(C)s1)NC(C)CCCN(CC)CC. The minimum atomic E-state index is 0.428. The van der Waals surface area contributed by atoms with Crippen LogP contribution in [0.5, 0.6) is 0 Å². The van der Waals surface area contributed by atoms with Crippen molar-refractivity contribution in [3.63, 3.8) is 0 Å². The Morgan fingerprint density at radius 3 is 2.54 bits per heavy atom. The quantitative estimate of drug-likeness (QED) is 0.429. The van der Waals surface area contributed by atoms with E-state index in [2.05, 4.69) is 57.1 Å². The predicted octanol–water partition coefficient (Wildman–Crippen LogP) is 3.62. The van der Waals surface area contributed by atoms with Crippen LogP contribution in [-0.4, -0.2) is 54.6 Å². The standard InChI is InChI=1S/C20H39N5S/c1-7-18-17(6)26-19(24-18)13-14-22-20(21-8-2)23-16(5)12-11-15-25(9-3)10-4/h16H,7-15H2,1-6H3,(H2,21,22,23). The van der Waals surface area contributed by atoms with Gasteiger partial charge in [-0.1, -0.05) is 20.8 Å². The summed E-state index contributed by atoms with van der Waals surface area (Å²) >= 11 is 1.81. The highest BCUT2D eigenvalue weighted by Crippen LogP contribution is 2.18. The average molecular weight is 382 g/mol. The molecule has 1 heterocycles. The molecule has 1 aromatic heterocycles. The van der Waals surface area contributed by atoms with Gasteiger partial charge >= 0.3 is 0 Å². The fraction of sp³-hybridized carbons (Fsp3) is 0.800. The van der Waals surface area contributed by atoms with Gasteiger partial charge in [-0.25, -0.2) is 4.98 Å². The second-order valence-corrected chi connectivity index (χ2v) is 7.98. The van der Waals surface area contributed by atoms with E-state index in [9.17, 15) is 0 Å². The van der Waals surface area contributed by atoms with Crippen molar-refractivity contribution in [2.75, 3.05) is 32.7 Å². The number of aromatic nitrogens is 1. The zero-order chi connectivity index (χ0) is 19.4. The Balaban J connectivity index is 2.43. The van der Waals surface area contributed by atoms with Crippen LogP contribution in [0, 0.1) is 6.92 Å². The van der Waals surface area contributed by atoms with Crippen LogP contribution in [0.4, 0.5) is 0 Å². The largest absolute Gasteiger partial charge is 0.357 e. The number of aliphatic imine (C=N–C) groups is 1. The van der Waals surface area contributed by atoms with Gasteiger partial charge < -0.3 is 15.5 Å². The predicted molar refractivity (Wildman–Crippen MR) is 116 cm³/mol. The summed E-state index contributed by atoms with van der Waals surface area (Å²) in [7, 11) is 0. The van der Waals surface area contributed by atoms with Crippen molar-refractivity contribution in [2.45, 2.75) is 73.3 Å². The molecule has 0 aromatic carbocycles. The molecule has 0 spiro atoms. The van der Waals surface area contributed by atoms with E-state index < -0.39 is 0 Å². The maximum Gasteiger partial charge on any atom is 0.191 e. The van der Waals surface area contributed by atoms with E-state index in [1.807, 2.05) is 11.3 Å². The number of nitrogens with one attached hydrogen (secondary N) is 2.